The van der Waals surface area contributed by atoms with E-state index in [4.69, 9.17) is 9.15 Å². The molecule has 1 aliphatic heterocycles. The second-order valence-electron chi connectivity index (χ2n) is 4.04. The molecule has 1 saturated heterocycles. The molecule has 0 spiro atoms. The molecule has 106 valence electrons. The summed E-state index contributed by atoms with van der Waals surface area (Å²) < 4.78 is 40.7. The molecular weight excluding hydrogens is 274 g/mol. The van der Waals surface area contributed by atoms with E-state index in [-0.39, 0.29) is 29.5 Å². The van der Waals surface area contributed by atoms with Gasteiger partial charge in [-0.05, 0) is 6.92 Å². The molecule has 0 N–H and O–H groups in total. The van der Waals surface area contributed by atoms with Crippen LogP contribution in [0.15, 0.2) is 15.6 Å². The number of nitrogens with zero attached hydrogens (tertiary/aromatic N) is 1. The van der Waals surface area contributed by atoms with Gasteiger partial charge in [-0.15, -0.1) is 0 Å². The summed E-state index contributed by atoms with van der Waals surface area (Å²) in [5, 5.41) is -0.243. The average molecular weight is 289 g/mol. The Morgan fingerprint density at radius 1 is 1.37 bits per heavy atom. The highest BCUT2D eigenvalue weighted by molar-refractivity contribution is 7.89. The van der Waals surface area contributed by atoms with Crippen molar-refractivity contribution in [3.63, 3.8) is 0 Å². The van der Waals surface area contributed by atoms with E-state index in [1.807, 2.05) is 0 Å². The number of furan rings is 1. The summed E-state index contributed by atoms with van der Waals surface area (Å²) in [6.45, 7) is 2.77. The van der Waals surface area contributed by atoms with Gasteiger partial charge in [0.05, 0.1) is 20.3 Å². The van der Waals surface area contributed by atoms with E-state index >= 15 is 0 Å². The highest BCUT2D eigenvalue weighted by Gasteiger charge is 2.31. The number of carbonyl (C=O) groups is 1. The van der Waals surface area contributed by atoms with E-state index in [0.29, 0.717) is 13.2 Å². The first-order valence-corrected chi connectivity index (χ1v) is 7.17. The van der Waals surface area contributed by atoms with E-state index in [9.17, 15) is 13.2 Å². The Hall–Kier alpha value is -1.38. The minimum atomic E-state index is -3.73. The Morgan fingerprint density at radius 2 is 2.00 bits per heavy atom. The second kappa shape index (κ2) is 5.32. The molecule has 19 heavy (non-hydrogen) atoms. The molecule has 0 saturated carbocycles. The smallest absolute Gasteiger partial charge is 0.341 e. The van der Waals surface area contributed by atoms with Gasteiger partial charge in [0, 0.05) is 19.2 Å². The lowest BCUT2D eigenvalue weighted by Crippen LogP contribution is -2.40. The Bertz CT molecular complexity index is 570. The van der Waals surface area contributed by atoms with E-state index < -0.39 is 16.0 Å². The molecule has 8 heteroatoms. The molecule has 2 rings (SSSR count). The molecule has 0 radical (unpaired) electrons. The fourth-order valence-corrected chi connectivity index (χ4v) is 3.19. The molecule has 1 aliphatic rings. The van der Waals surface area contributed by atoms with Crippen molar-refractivity contribution in [2.45, 2.75) is 12.0 Å². The van der Waals surface area contributed by atoms with Crippen molar-refractivity contribution >= 4 is 16.0 Å². The molecule has 2 heterocycles. The molecule has 1 aromatic rings. The predicted molar refractivity (Wildman–Crippen MR) is 64.4 cm³/mol. The molecule has 1 aromatic heterocycles. The first-order chi connectivity index (χ1) is 8.96. The summed E-state index contributed by atoms with van der Waals surface area (Å²) in [7, 11) is -2.50. The summed E-state index contributed by atoms with van der Waals surface area (Å²) in [5.74, 6) is -0.400. The number of rotatable bonds is 3. The molecule has 0 bridgehead atoms. The van der Waals surface area contributed by atoms with Crippen LogP contribution in [-0.4, -0.2) is 52.1 Å². The fraction of sp³-hybridized carbons (Fsp3) is 0.545. The van der Waals surface area contributed by atoms with E-state index in [0.717, 1.165) is 0 Å². The number of methoxy groups -OCH3 is 1. The van der Waals surface area contributed by atoms with E-state index in [1.165, 1.54) is 24.4 Å². The maximum atomic E-state index is 12.3. The zero-order chi connectivity index (χ0) is 14.0. The van der Waals surface area contributed by atoms with Crippen molar-refractivity contribution in [2.24, 2.45) is 0 Å². The van der Waals surface area contributed by atoms with Crippen LogP contribution < -0.4 is 0 Å². The number of hydrogen-bond acceptors (Lipinski definition) is 6. The number of esters is 1. The van der Waals surface area contributed by atoms with Gasteiger partial charge in [-0.3, -0.25) is 0 Å². The van der Waals surface area contributed by atoms with Gasteiger partial charge in [0.25, 0.3) is 10.0 Å². The maximum Gasteiger partial charge on any atom is 0.341 e. The first-order valence-electron chi connectivity index (χ1n) is 5.73. The topological polar surface area (TPSA) is 86.1 Å². The standard InChI is InChI=1S/C11H15NO6S/c1-8-9(11(13)16-2)7-10(18-8)19(14,15)12-3-5-17-6-4-12/h7H,3-6H2,1-2H3. The first kappa shape index (κ1) is 14.0. The van der Waals surface area contributed by atoms with Crippen LogP contribution in [0, 0.1) is 6.92 Å². The van der Waals surface area contributed by atoms with Crippen LogP contribution in [0.1, 0.15) is 16.1 Å². The van der Waals surface area contributed by atoms with Crippen molar-refractivity contribution in [1.82, 2.24) is 4.31 Å². The maximum absolute atomic E-state index is 12.3. The fourth-order valence-electron chi connectivity index (χ4n) is 1.81. The lowest BCUT2D eigenvalue weighted by atomic mass is 10.3. The van der Waals surface area contributed by atoms with Crippen LogP contribution in [0.2, 0.25) is 0 Å². The highest BCUT2D eigenvalue weighted by atomic mass is 32.2. The van der Waals surface area contributed by atoms with Crippen LogP contribution in [0.3, 0.4) is 0 Å². The normalized spacial score (nSPS) is 17.4. The van der Waals surface area contributed by atoms with Crippen molar-refractivity contribution in [1.29, 1.82) is 0 Å². The van der Waals surface area contributed by atoms with Crippen molar-refractivity contribution < 1.29 is 27.1 Å². The van der Waals surface area contributed by atoms with Gasteiger partial charge < -0.3 is 13.9 Å². The van der Waals surface area contributed by atoms with Crippen LogP contribution in [0.5, 0.6) is 0 Å². The minimum Gasteiger partial charge on any atom is -0.465 e. The molecule has 0 atom stereocenters. The van der Waals surface area contributed by atoms with Gasteiger partial charge in [0.1, 0.15) is 11.3 Å². The van der Waals surface area contributed by atoms with Gasteiger partial charge >= 0.3 is 5.97 Å². The van der Waals surface area contributed by atoms with Gasteiger partial charge in [-0.1, -0.05) is 0 Å². The third-order valence-electron chi connectivity index (χ3n) is 2.86. The SMILES string of the molecule is COC(=O)c1cc(S(=O)(=O)N2CCOCC2)oc1C. The Morgan fingerprint density at radius 3 is 2.58 bits per heavy atom. The quantitative estimate of drug-likeness (QED) is 0.748. The zero-order valence-corrected chi connectivity index (χ0v) is 11.5. The third kappa shape index (κ3) is 2.65. The third-order valence-corrected chi connectivity index (χ3v) is 4.62. The van der Waals surface area contributed by atoms with Gasteiger partial charge in [-0.25, -0.2) is 13.2 Å². The Labute approximate surface area is 111 Å². The summed E-state index contributed by atoms with van der Waals surface area (Å²) in [6, 6.07) is 1.20. The summed E-state index contributed by atoms with van der Waals surface area (Å²) in [4.78, 5) is 11.4. The minimum absolute atomic E-state index is 0.120. The summed E-state index contributed by atoms with van der Waals surface area (Å²) in [6.07, 6.45) is 0. The van der Waals surface area contributed by atoms with Crippen molar-refractivity contribution in [3.8, 4) is 0 Å². The number of morpholine rings is 1. The van der Waals surface area contributed by atoms with Gasteiger partial charge in [0.2, 0.25) is 5.09 Å². The van der Waals surface area contributed by atoms with Crippen LogP contribution >= 0.6 is 0 Å². The van der Waals surface area contributed by atoms with E-state index in [1.54, 1.807) is 0 Å². The molecule has 0 aliphatic carbocycles. The predicted octanol–water partition coefficient (Wildman–Crippen LogP) is 0.396. The molecule has 0 amide bonds. The van der Waals surface area contributed by atoms with Crippen LogP contribution in [0.25, 0.3) is 0 Å². The van der Waals surface area contributed by atoms with Crippen molar-refractivity contribution in [3.05, 3.63) is 17.4 Å². The number of aryl methyl sites for hydroxylation is 1. The summed E-state index contributed by atoms with van der Waals surface area (Å²) in [5.41, 5.74) is 0.120. The molecule has 7 nitrogen and oxygen atoms in total. The van der Waals surface area contributed by atoms with Gasteiger partial charge in [-0.2, -0.15) is 4.31 Å². The molecule has 1 fully saturated rings. The Balaban J connectivity index is 2.33. The molecular formula is C11H15NO6S. The number of carbonyl (C=O) groups excluding carboxylic acids is 1. The number of sulfonamides is 1. The zero-order valence-electron chi connectivity index (χ0n) is 10.7. The molecule has 0 aromatic carbocycles. The van der Waals surface area contributed by atoms with Gasteiger partial charge in [0.15, 0.2) is 0 Å². The Kier molecular flexibility index (Phi) is 3.93. The molecule has 0 unspecified atom stereocenters. The monoisotopic (exact) mass is 289 g/mol. The summed E-state index contributed by atoms with van der Waals surface area (Å²) >= 11 is 0. The average Bonchev–Trinajstić information content (AvgIpc) is 2.81. The van der Waals surface area contributed by atoms with E-state index in [2.05, 4.69) is 4.74 Å². The largest absolute Gasteiger partial charge is 0.465 e. The number of hydrogen-bond donors (Lipinski definition) is 0. The highest BCUT2D eigenvalue weighted by Crippen LogP contribution is 2.23. The lowest BCUT2D eigenvalue weighted by Gasteiger charge is -2.24. The number of ether oxygens (including phenoxy) is 2. The van der Waals surface area contributed by atoms with Crippen LogP contribution in [0.4, 0.5) is 0 Å². The van der Waals surface area contributed by atoms with Crippen LogP contribution in [-0.2, 0) is 19.5 Å². The second-order valence-corrected chi connectivity index (χ2v) is 5.91. The lowest BCUT2D eigenvalue weighted by molar-refractivity contribution is 0.0599. The van der Waals surface area contributed by atoms with Crippen molar-refractivity contribution in [2.75, 3.05) is 33.4 Å².